The van der Waals surface area contributed by atoms with E-state index in [1.54, 1.807) is 0 Å². The van der Waals surface area contributed by atoms with Crippen LogP contribution in [0.5, 0.6) is 5.75 Å². The van der Waals surface area contributed by atoms with Gasteiger partial charge in [0, 0.05) is 32.9 Å². The Labute approximate surface area is 175 Å². The molecule has 29 heavy (non-hydrogen) atoms. The third-order valence-corrected chi connectivity index (χ3v) is 5.34. The summed E-state index contributed by atoms with van der Waals surface area (Å²) in [6.07, 6.45) is 6.85. The molecule has 1 aromatic heterocycles. The zero-order chi connectivity index (χ0) is 20.6. The lowest BCUT2D eigenvalue weighted by molar-refractivity contribution is 0.242. The number of anilines is 2. The van der Waals surface area contributed by atoms with Crippen molar-refractivity contribution in [3.63, 3.8) is 0 Å². The Morgan fingerprint density at radius 3 is 2.45 bits per heavy atom. The highest BCUT2D eigenvalue weighted by molar-refractivity contribution is 5.41. The second-order valence-electron chi connectivity index (χ2n) is 8.44. The summed E-state index contributed by atoms with van der Waals surface area (Å²) in [5.41, 5.74) is 1.30. The van der Waals surface area contributed by atoms with Crippen LogP contribution in [0.2, 0.25) is 0 Å². The standard InChI is InChI=1S/C23H35N5O/c1-17(2)29-21-11-7-19(8-12-21)16-24-15-18-5-9-20(10-6-18)26-23-25-14-13-22(27-23)28(3)4/h7-8,11-14,17-18,20,24H,5-6,9-10,15-16H2,1-4H3,(H,25,26,27). The topological polar surface area (TPSA) is 62.3 Å². The Kier molecular flexibility index (Phi) is 7.69. The molecule has 1 aliphatic carbocycles. The van der Waals surface area contributed by atoms with Crippen LogP contribution in [0.3, 0.4) is 0 Å². The van der Waals surface area contributed by atoms with Crippen LogP contribution < -0.4 is 20.3 Å². The summed E-state index contributed by atoms with van der Waals surface area (Å²) < 4.78 is 5.70. The summed E-state index contributed by atoms with van der Waals surface area (Å²) in [6.45, 7) is 6.08. The first-order valence-corrected chi connectivity index (χ1v) is 10.7. The monoisotopic (exact) mass is 397 g/mol. The number of nitrogens with zero attached hydrogens (tertiary/aromatic N) is 3. The fourth-order valence-electron chi connectivity index (χ4n) is 3.74. The lowest BCUT2D eigenvalue weighted by Gasteiger charge is -2.29. The molecule has 2 aromatic rings. The Bertz CT molecular complexity index is 739. The van der Waals surface area contributed by atoms with E-state index in [1.807, 2.05) is 45.1 Å². The van der Waals surface area contributed by atoms with E-state index < -0.39 is 0 Å². The fraction of sp³-hybridized carbons (Fsp3) is 0.565. The molecule has 0 unspecified atom stereocenters. The van der Waals surface area contributed by atoms with Gasteiger partial charge in [-0.2, -0.15) is 4.98 Å². The van der Waals surface area contributed by atoms with Crippen LogP contribution in [0.15, 0.2) is 36.5 Å². The Morgan fingerprint density at radius 1 is 1.07 bits per heavy atom. The first kappa shape index (κ1) is 21.4. The maximum absolute atomic E-state index is 5.70. The van der Waals surface area contributed by atoms with Crippen molar-refractivity contribution in [2.75, 3.05) is 30.9 Å². The molecule has 0 saturated heterocycles. The highest BCUT2D eigenvalue weighted by Gasteiger charge is 2.21. The van der Waals surface area contributed by atoms with E-state index in [0.29, 0.717) is 6.04 Å². The summed E-state index contributed by atoms with van der Waals surface area (Å²) in [7, 11) is 4.00. The van der Waals surface area contributed by atoms with Crippen molar-refractivity contribution in [3.05, 3.63) is 42.1 Å². The quantitative estimate of drug-likeness (QED) is 0.664. The van der Waals surface area contributed by atoms with Crippen LogP contribution in [-0.4, -0.2) is 42.8 Å². The zero-order valence-corrected chi connectivity index (χ0v) is 18.2. The van der Waals surface area contributed by atoms with E-state index in [0.717, 1.165) is 36.5 Å². The molecule has 0 spiro atoms. The maximum Gasteiger partial charge on any atom is 0.224 e. The van der Waals surface area contributed by atoms with Crippen LogP contribution >= 0.6 is 0 Å². The predicted molar refractivity (Wildman–Crippen MR) is 120 cm³/mol. The summed E-state index contributed by atoms with van der Waals surface area (Å²) in [5.74, 6) is 3.35. The third kappa shape index (κ3) is 6.89. The number of aromatic nitrogens is 2. The first-order chi connectivity index (χ1) is 14.0. The van der Waals surface area contributed by atoms with Gasteiger partial charge in [-0.05, 0) is 75.8 Å². The Morgan fingerprint density at radius 2 is 1.79 bits per heavy atom. The molecule has 0 amide bonds. The second-order valence-corrected chi connectivity index (χ2v) is 8.44. The lowest BCUT2D eigenvalue weighted by atomic mass is 9.86. The van der Waals surface area contributed by atoms with E-state index in [4.69, 9.17) is 4.74 Å². The van der Waals surface area contributed by atoms with Crippen molar-refractivity contribution in [3.8, 4) is 5.75 Å². The number of rotatable bonds is 9. The minimum atomic E-state index is 0.215. The molecule has 158 valence electrons. The molecule has 0 radical (unpaired) electrons. The van der Waals surface area contributed by atoms with Crippen molar-refractivity contribution in [1.82, 2.24) is 15.3 Å². The van der Waals surface area contributed by atoms with Gasteiger partial charge < -0.3 is 20.3 Å². The summed E-state index contributed by atoms with van der Waals surface area (Å²) in [4.78, 5) is 10.9. The van der Waals surface area contributed by atoms with Crippen LogP contribution in [0.1, 0.15) is 45.1 Å². The fourth-order valence-corrected chi connectivity index (χ4v) is 3.74. The number of ether oxygens (including phenoxy) is 1. The minimum Gasteiger partial charge on any atom is -0.491 e. The molecule has 2 N–H and O–H groups in total. The van der Waals surface area contributed by atoms with Crippen molar-refractivity contribution >= 4 is 11.8 Å². The molecule has 3 rings (SSSR count). The number of nitrogens with one attached hydrogen (secondary N) is 2. The van der Waals surface area contributed by atoms with Gasteiger partial charge in [0.2, 0.25) is 5.95 Å². The van der Waals surface area contributed by atoms with E-state index in [1.165, 1.54) is 31.2 Å². The second kappa shape index (κ2) is 10.4. The van der Waals surface area contributed by atoms with Crippen LogP contribution in [0.25, 0.3) is 0 Å². The predicted octanol–water partition coefficient (Wildman–Crippen LogP) is 4.09. The number of hydrogen-bond acceptors (Lipinski definition) is 6. The smallest absolute Gasteiger partial charge is 0.224 e. The van der Waals surface area contributed by atoms with E-state index in [9.17, 15) is 0 Å². The largest absolute Gasteiger partial charge is 0.491 e. The lowest BCUT2D eigenvalue weighted by Crippen LogP contribution is -2.31. The molecule has 1 aromatic carbocycles. The molecular weight excluding hydrogens is 362 g/mol. The van der Waals surface area contributed by atoms with Gasteiger partial charge in [-0.3, -0.25) is 0 Å². The number of hydrogen-bond donors (Lipinski definition) is 2. The van der Waals surface area contributed by atoms with E-state index in [-0.39, 0.29) is 6.10 Å². The van der Waals surface area contributed by atoms with Crippen LogP contribution in [0, 0.1) is 5.92 Å². The summed E-state index contributed by atoms with van der Waals surface area (Å²) in [5, 5.41) is 7.14. The van der Waals surface area contributed by atoms with Gasteiger partial charge in [-0.1, -0.05) is 12.1 Å². The average Bonchev–Trinajstić information content (AvgIpc) is 2.70. The van der Waals surface area contributed by atoms with Crippen molar-refractivity contribution < 1.29 is 4.74 Å². The van der Waals surface area contributed by atoms with Gasteiger partial charge >= 0.3 is 0 Å². The highest BCUT2D eigenvalue weighted by Crippen LogP contribution is 2.26. The van der Waals surface area contributed by atoms with Gasteiger partial charge in [0.25, 0.3) is 0 Å². The molecule has 0 atom stereocenters. The summed E-state index contributed by atoms with van der Waals surface area (Å²) >= 11 is 0. The molecule has 1 aliphatic rings. The molecular formula is C23H35N5O. The van der Waals surface area contributed by atoms with Gasteiger partial charge in [0.1, 0.15) is 11.6 Å². The first-order valence-electron chi connectivity index (χ1n) is 10.7. The molecule has 0 bridgehead atoms. The van der Waals surface area contributed by atoms with E-state index in [2.05, 4.69) is 44.9 Å². The third-order valence-electron chi connectivity index (χ3n) is 5.34. The van der Waals surface area contributed by atoms with Gasteiger partial charge in [0.15, 0.2) is 0 Å². The SMILES string of the molecule is CC(C)Oc1ccc(CNCC2CCC(Nc3nccc(N(C)C)n3)CC2)cc1. The van der Waals surface area contributed by atoms with E-state index >= 15 is 0 Å². The molecule has 6 nitrogen and oxygen atoms in total. The molecule has 0 aliphatic heterocycles. The number of benzene rings is 1. The molecule has 1 heterocycles. The van der Waals surface area contributed by atoms with Crippen LogP contribution in [0.4, 0.5) is 11.8 Å². The average molecular weight is 398 g/mol. The van der Waals surface area contributed by atoms with Crippen LogP contribution in [-0.2, 0) is 6.54 Å². The Balaban J connectivity index is 1.36. The normalized spacial score (nSPS) is 19.2. The minimum absolute atomic E-state index is 0.215. The van der Waals surface area contributed by atoms with Gasteiger partial charge in [0.05, 0.1) is 6.10 Å². The van der Waals surface area contributed by atoms with Crippen molar-refractivity contribution in [2.45, 2.75) is 58.2 Å². The van der Waals surface area contributed by atoms with Gasteiger partial charge in [-0.25, -0.2) is 4.98 Å². The van der Waals surface area contributed by atoms with Gasteiger partial charge in [-0.15, -0.1) is 0 Å². The zero-order valence-electron chi connectivity index (χ0n) is 18.2. The molecule has 1 saturated carbocycles. The van der Waals surface area contributed by atoms with Crippen molar-refractivity contribution in [1.29, 1.82) is 0 Å². The Hall–Kier alpha value is -2.34. The highest BCUT2D eigenvalue weighted by atomic mass is 16.5. The molecule has 1 fully saturated rings. The van der Waals surface area contributed by atoms with Crippen molar-refractivity contribution in [2.24, 2.45) is 5.92 Å². The summed E-state index contributed by atoms with van der Waals surface area (Å²) in [6, 6.07) is 10.8. The molecule has 6 heteroatoms. The maximum atomic E-state index is 5.70.